The molecular weight excluding hydrogens is 224 g/mol. The molecule has 18 heavy (non-hydrogen) atoms. The molecule has 0 saturated carbocycles. The fourth-order valence-electron chi connectivity index (χ4n) is 1.99. The van der Waals surface area contributed by atoms with Gasteiger partial charge in [-0.15, -0.1) is 0 Å². The number of hydrogen-bond donors (Lipinski definition) is 0. The predicted octanol–water partition coefficient (Wildman–Crippen LogP) is 5.41. The van der Waals surface area contributed by atoms with Crippen LogP contribution in [0.2, 0.25) is 0 Å². The van der Waals surface area contributed by atoms with Crippen molar-refractivity contribution in [3.8, 4) is 0 Å². The summed E-state index contributed by atoms with van der Waals surface area (Å²) in [4.78, 5) is 11.2. The van der Waals surface area contributed by atoms with Gasteiger partial charge in [-0.2, -0.15) is 0 Å². The smallest absolute Gasteiger partial charge is 0.306 e. The third-order valence-corrected chi connectivity index (χ3v) is 3.12. The van der Waals surface area contributed by atoms with E-state index in [0.29, 0.717) is 6.42 Å². The summed E-state index contributed by atoms with van der Waals surface area (Å²) in [5.41, 5.74) is 0. The van der Waals surface area contributed by atoms with Gasteiger partial charge in [0.15, 0.2) is 0 Å². The van der Waals surface area contributed by atoms with Gasteiger partial charge in [-0.1, -0.05) is 71.6 Å². The highest BCUT2D eigenvalue weighted by Crippen LogP contribution is 2.11. The SMILES string of the molecule is CC[CH]OC(=O)CCCCCCCCCCCC. The van der Waals surface area contributed by atoms with Crippen LogP contribution in [0.25, 0.3) is 0 Å². The first-order valence-electron chi connectivity index (χ1n) is 7.82. The molecule has 0 aliphatic rings. The molecule has 2 heteroatoms. The van der Waals surface area contributed by atoms with E-state index in [1.165, 1.54) is 51.4 Å². The highest BCUT2D eigenvalue weighted by Gasteiger charge is 2.01. The maximum Gasteiger partial charge on any atom is 0.306 e. The third-order valence-electron chi connectivity index (χ3n) is 3.12. The molecule has 2 nitrogen and oxygen atoms in total. The normalized spacial score (nSPS) is 10.6. The van der Waals surface area contributed by atoms with Crippen molar-refractivity contribution >= 4 is 5.97 Å². The number of carbonyl (C=O) groups excluding carboxylic acids is 1. The van der Waals surface area contributed by atoms with Gasteiger partial charge >= 0.3 is 5.97 Å². The number of carbonyl (C=O) groups is 1. The Balaban J connectivity index is 3.04. The molecule has 0 heterocycles. The summed E-state index contributed by atoms with van der Waals surface area (Å²) in [7, 11) is 0. The van der Waals surface area contributed by atoms with Crippen LogP contribution in [-0.2, 0) is 9.53 Å². The molecule has 0 N–H and O–H groups in total. The predicted molar refractivity (Wildman–Crippen MR) is 77.1 cm³/mol. The lowest BCUT2D eigenvalue weighted by molar-refractivity contribution is -0.140. The Morgan fingerprint density at radius 3 is 1.83 bits per heavy atom. The number of unbranched alkanes of at least 4 members (excludes halogenated alkanes) is 9. The lowest BCUT2D eigenvalue weighted by Crippen LogP contribution is -2.01. The van der Waals surface area contributed by atoms with E-state index in [2.05, 4.69) is 6.92 Å². The van der Waals surface area contributed by atoms with Crippen molar-refractivity contribution in [2.45, 2.75) is 90.9 Å². The number of esters is 1. The quantitative estimate of drug-likeness (QED) is 0.325. The zero-order valence-electron chi connectivity index (χ0n) is 12.4. The summed E-state index contributed by atoms with van der Waals surface area (Å²) in [5.74, 6) is -0.0728. The standard InChI is InChI=1S/C16H31O2/c1-3-5-6-7-8-9-10-11-12-13-14-16(17)18-15-4-2/h15H,3-14H2,1-2H3. The van der Waals surface area contributed by atoms with Gasteiger partial charge in [0.2, 0.25) is 0 Å². The molecule has 0 aliphatic heterocycles. The maximum atomic E-state index is 11.2. The monoisotopic (exact) mass is 255 g/mol. The molecule has 0 fully saturated rings. The van der Waals surface area contributed by atoms with Crippen LogP contribution in [0.15, 0.2) is 0 Å². The highest BCUT2D eigenvalue weighted by atomic mass is 16.5. The molecule has 107 valence electrons. The Morgan fingerprint density at radius 2 is 1.33 bits per heavy atom. The first kappa shape index (κ1) is 17.5. The zero-order chi connectivity index (χ0) is 13.5. The molecule has 0 aromatic carbocycles. The molecule has 0 bridgehead atoms. The van der Waals surface area contributed by atoms with Crippen molar-refractivity contribution in [3.05, 3.63) is 6.61 Å². The van der Waals surface area contributed by atoms with E-state index in [1.807, 2.05) is 6.92 Å². The van der Waals surface area contributed by atoms with Crippen LogP contribution in [0.3, 0.4) is 0 Å². The molecule has 0 amide bonds. The van der Waals surface area contributed by atoms with Crippen LogP contribution in [0.4, 0.5) is 0 Å². The van der Waals surface area contributed by atoms with Crippen LogP contribution >= 0.6 is 0 Å². The molecular formula is C16H31O2. The van der Waals surface area contributed by atoms with E-state index in [-0.39, 0.29) is 5.97 Å². The first-order chi connectivity index (χ1) is 8.81. The van der Waals surface area contributed by atoms with Crippen LogP contribution in [-0.4, -0.2) is 5.97 Å². The van der Waals surface area contributed by atoms with Crippen molar-refractivity contribution in [3.63, 3.8) is 0 Å². The van der Waals surface area contributed by atoms with Gasteiger partial charge in [0.05, 0.1) is 0 Å². The van der Waals surface area contributed by atoms with E-state index in [9.17, 15) is 4.79 Å². The maximum absolute atomic E-state index is 11.2. The van der Waals surface area contributed by atoms with Gasteiger partial charge in [-0.05, 0) is 12.8 Å². The van der Waals surface area contributed by atoms with Crippen molar-refractivity contribution in [1.29, 1.82) is 0 Å². The minimum Gasteiger partial charge on any atom is -0.458 e. The summed E-state index contributed by atoms with van der Waals surface area (Å²) >= 11 is 0. The molecule has 0 aromatic rings. The summed E-state index contributed by atoms with van der Waals surface area (Å²) in [6.45, 7) is 5.80. The van der Waals surface area contributed by atoms with Gasteiger partial charge < -0.3 is 4.74 Å². The van der Waals surface area contributed by atoms with E-state index < -0.39 is 0 Å². The second-order valence-corrected chi connectivity index (χ2v) is 5.00. The summed E-state index contributed by atoms with van der Waals surface area (Å²) in [6.07, 6.45) is 14.3. The Hall–Kier alpha value is -0.530. The number of ether oxygens (including phenoxy) is 1. The minimum absolute atomic E-state index is 0.0728. The molecule has 0 rings (SSSR count). The Morgan fingerprint density at radius 1 is 0.833 bits per heavy atom. The highest BCUT2D eigenvalue weighted by molar-refractivity contribution is 5.69. The third kappa shape index (κ3) is 13.5. The Kier molecular flexibility index (Phi) is 14.1. The molecule has 0 aromatic heterocycles. The van der Waals surface area contributed by atoms with Gasteiger partial charge in [-0.25, -0.2) is 0 Å². The number of rotatable bonds is 13. The Bertz CT molecular complexity index is 178. The zero-order valence-corrected chi connectivity index (χ0v) is 12.4. The molecule has 0 saturated heterocycles. The fraction of sp³-hybridized carbons (Fsp3) is 0.875. The molecule has 1 radical (unpaired) electrons. The van der Waals surface area contributed by atoms with E-state index in [1.54, 1.807) is 6.61 Å². The lowest BCUT2D eigenvalue weighted by atomic mass is 10.1. The molecule has 0 unspecified atom stereocenters. The first-order valence-corrected chi connectivity index (χ1v) is 7.82. The largest absolute Gasteiger partial charge is 0.458 e. The van der Waals surface area contributed by atoms with Gasteiger partial charge in [-0.3, -0.25) is 4.79 Å². The molecule has 0 aliphatic carbocycles. The van der Waals surface area contributed by atoms with Crippen LogP contribution in [0, 0.1) is 6.61 Å². The van der Waals surface area contributed by atoms with E-state index in [0.717, 1.165) is 19.3 Å². The molecule has 0 atom stereocenters. The van der Waals surface area contributed by atoms with E-state index in [4.69, 9.17) is 4.74 Å². The van der Waals surface area contributed by atoms with Crippen molar-refractivity contribution in [2.24, 2.45) is 0 Å². The van der Waals surface area contributed by atoms with Crippen molar-refractivity contribution in [2.75, 3.05) is 0 Å². The topological polar surface area (TPSA) is 26.3 Å². The summed E-state index contributed by atoms with van der Waals surface area (Å²) in [5, 5.41) is 0. The Labute approximate surface area is 113 Å². The van der Waals surface area contributed by atoms with Gasteiger partial charge in [0.1, 0.15) is 6.61 Å². The minimum atomic E-state index is -0.0728. The second-order valence-electron chi connectivity index (χ2n) is 5.00. The lowest BCUT2D eigenvalue weighted by Gasteiger charge is -2.03. The van der Waals surface area contributed by atoms with Gasteiger partial charge in [0, 0.05) is 6.42 Å². The fourth-order valence-corrected chi connectivity index (χ4v) is 1.99. The summed E-state index contributed by atoms with van der Waals surface area (Å²) < 4.78 is 4.91. The molecule has 0 spiro atoms. The van der Waals surface area contributed by atoms with Crippen molar-refractivity contribution in [1.82, 2.24) is 0 Å². The average molecular weight is 255 g/mol. The van der Waals surface area contributed by atoms with Crippen LogP contribution in [0.5, 0.6) is 0 Å². The second kappa shape index (κ2) is 14.5. The van der Waals surface area contributed by atoms with Crippen molar-refractivity contribution < 1.29 is 9.53 Å². The van der Waals surface area contributed by atoms with Crippen LogP contribution < -0.4 is 0 Å². The van der Waals surface area contributed by atoms with E-state index >= 15 is 0 Å². The van der Waals surface area contributed by atoms with Gasteiger partial charge in [0.25, 0.3) is 0 Å². The van der Waals surface area contributed by atoms with Crippen LogP contribution in [0.1, 0.15) is 90.9 Å². The summed E-state index contributed by atoms with van der Waals surface area (Å²) in [6, 6.07) is 0. The average Bonchev–Trinajstić information content (AvgIpc) is 2.38. The number of hydrogen-bond acceptors (Lipinski definition) is 2.